The largest absolute Gasteiger partial charge is 0.481 e. The molecule has 0 aliphatic rings. The molecule has 0 saturated heterocycles. The Labute approximate surface area is 102 Å². The lowest BCUT2D eigenvalue weighted by Gasteiger charge is -2.25. The minimum Gasteiger partial charge on any atom is -0.481 e. The smallest absolute Gasteiger partial charge is 0.304 e. The molecule has 0 unspecified atom stereocenters. The van der Waals surface area contributed by atoms with Gasteiger partial charge in [-0.25, -0.2) is 0 Å². The zero-order valence-electron chi connectivity index (χ0n) is 10.7. The third-order valence-corrected chi connectivity index (χ3v) is 2.68. The van der Waals surface area contributed by atoms with Gasteiger partial charge in [0, 0.05) is 25.3 Å². The van der Waals surface area contributed by atoms with Crippen molar-refractivity contribution < 1.29 is 9.90 Å². The number of aromatic nitrogens is 1. The lowest BCUT2D eigenvalue weighted by atomic mass is 10.2. The van der Waals surface area contributed by atoms with Crippen LogP contribution in [0.25, 0.3) is 0 Å². The number of aryl methyl sites for hydroxylation is 1. The van der Waals surface area contributed by atoms with Crippen molar-refractivity contribution in [2.75, 3.05) is 6.54 Å². The SMILES string of the molecule is Cc1ccc(CN(CCC(=O)O)C(C)C)nc1. The Balaban J connectivity index is 2.60. The van der Waals surface area contributed by atoms with Crippen molar-refractivity contribution in [1.82, 2.24) is 9.88 Å². The fourth-order valence-electron chi connectivity index (χ4n) is 1.56. The third-order valence-electron chi connectivity index (χ3n) is 2.68. The summed E-state index contributed by atoms with van der Waals surface area (Å²) in [6, 6.07) is 4.33. The number of hydrogen-bond donors (Lipinski definition) is 1. The van der Waals surface area contributed by atoms with Crippen LogP contribution in [0.3, 0.4) is 0 Å². The molecule has 1 aromatic rings. The fourth-order valence-corrected chi connectivity index (χ4v) is 1.56. The molecule has 4 nitrogen and oxygen atoms in total. The topological polar surface area (TPSA) is 53.4 Å². The van der Waals surface area contributed by atoms with Gasteiger partial charge < -0.3 is 5.11 Å². The summed E-state index contributed by atoms with van der Waals surface area (Å²) in [6.07, 6.45) is 2.01. The molecule has 0 bridgehead atoms. The number of hydrogen-bond acceptors (Lipinski definition) is 3. The minimum absolute atomic E-state index is 0.171. The second kappa shape index (κ2) is 6.35. The Bertz CT molecular complexity index is 360. The van der Waals surface area contributed by atoms with Gasteiger partial charge in [-0.15, -0.1) is 0 Å². The number of carboxylic acids is 1. The van der Waals surface area contributed by atoms with E-state index < -0.39 is 5.97 Å². The van der Waals surface area contributed by atoms with E-state index in [1.807, 2.05) is 25.3 Å². The number of carboxylic acid groups (broad SMARTS) is 1. The van der Waals surface area contributed by atoms with Gasteiger partial charge >= 0.3 is 5.97 Å². The average molecular weight is 236 g/mol. The van der Waals surface area contributed by atoms with E-state index in [9.17, 15) is 4.79 Å². The first-order chi connectivity index (χ1) is 7.99. The Morgan fingerprint density at radius 1 is 1.47 bits per heavy atom. The number of rotatable bonds is 6. The standard InChI is InChI=1S/C13H20N2O2/c1-10(2)15(7-6-13(16)17)9-12-5-4-11(3)8-14-12/h4-5,8,10H,6-7,9H2,1-3H3,(H,16,17). The molecule has 0 atom stereocenters. The van der Waals surface area contributed by atoms with Gasteiger partial charge in [-0.3, -0.25) is 14.7 Å². The summed E-state index contributed by atoms with van der Waals surface area (Å²) in [4.78, 5) is 17.0. The normalized spacial score (nSPS) is 11.1. The van der Waals surface area contributed by atoms with Crippen LogP contribution in [0.2, 0.25) is 0 Å². The predicted molar refractivity (Wildman–Crippen MR) is 66.8 cm³/mol. The maximum absolute atomic E-state index is 10.6. The lowest BCUT2D eigenvalue weighted by molar-refractivity contribution is -0.137. The third kappa shape index (κ3) is 4.95. The summed E-state index contributed by atoms with van der Waals surface area (Å²) in [5, 5.41) is 8.70. The zero-order chi connectivity index (χ0) is 12.8. The molecule has 0 aliphatic carbocycles. The monoisotopic (exact) mass is 236 g/mol. The molecule has 1 heterocycles. The van der Waals surface area contributed by atoms with Gasteiger partial charge in [-0.2, -0.15) is 0 Å². The second-order valence-corrected chi connectivity index (χ2v) is 4.53. The van der Waals surface area contributed by atoms with Crippen LogP contribution in [-0.2, 0) is 11.3 Å². The highest BCUT2D eigenvalue weighted by atomic mass is 16.4. The molecule has 1 aromatic heterocycles. The minimum atomic E-state index is -0.757. The Kier molecular flexibility index (Phi) is 5.10. The van der Waals surface area contributed by atoms with Crippen molar-refractivity contribution in [3.63, 3.8) is 0 Å². The van der Waals surface area contributed by atoms with Crippen molar-refractivity contribution >= 4 is 5.97 Å². The molecule has 94 valence electrons. The summed E-state index contributed by atoms with van der Waals surface area (Å²) in [5.74, 6) is -0.757. The van der Waals surface area contributed by atoms with E-state index in [1.54, 1.807) is 0 Å². The Hall–Kier alpha value is -1.42. The summed E-state index contributed by atoms with van der Waals surface area (Å²) in [5.41, 5.74) is 2.12. The zero-order valence-corrected chi connectivity index (χ0v) is 10.7. The van der Waals surface area contributed by atoms with Crippen molar-refractivity contribution in [3.05, 3.63) is 29.6 Å². The molecule has 1 rings (SSSR count). The number of nitrogens with zero attached hydrogens (tertiary/aromatic N) is 2. The van der Waals surface area contributed by atoms with Crippen LogP contribution in [0.15, 0.2) is 18.3 Å². The fraction of sp³-hybridized carbons (Fsp3) is 0.538. The highest BCUT2D eigenvalue weighted by Gasteiger charge is 2.12. The summed E-state index contributed by atoms with van der Waals surface area (Å²) in [7, 11) is 0. The van der Waals surface area contributed by atoms with Gasteiger partial charge in [-0.1, -0.05) is 6.07 Å². The highest BCUT2D eigenvalue weighted by Crippen LogP contribution is 2.07. The molecular weight excluding hydrogens is 216 g/mol. The van der Waals surface area contributed by atoms with Gasteiger partial charge in [0.25, 0.3) is 0 Å². The predicted octanol–water partition coefficient (Wildman–Crippen LogP) is 2.08. The van der Waals surface area contributed by atoms with Crippen molar-refractivity contribution in [2.24, 2.45) is 0 Å². The van der Waals surface area contributed by atoms with Crippen molar-refractivity contribution in [1.29, 1.82) is 0 Å². The van der Waals surface area contributed by atoms with Gasteiger partial charge in [0.05, 0.1) is 12.1 Å². The molecule has 0 aromatic carbocycles. The maximum Gasteiger partial charge on any atom is 0.304 e. The van der Waals surface area contributed by atoms with E-state index in [4.69, 9.17) is 5.11 Å². The van der Waals surface area contributed by atoms with E-state index >= 15 is 0 Å². The van der Waals surface area contributed by atoms with Crippen LogP contribution in [0.5, 0.6) is 0 Å². The molecular formula is C13H20N2O2. The van der Waals surface area contributed by atoms with Gasteiger partial charge in [0.1, 0.15) is 0 Å². The maximum atomic E-state index is 10.6. The number of aliphatic carboxylic acids is 1. The van der Waals surface area contributed by atoms with Crippen molar-refractivity contribution in [2.45, 2.75) is 39.8 Å². The van der Waals surface area contributed by atoms with E-state index in [1.165, 1.54) is 0 Å². The lowest BCUT2D eigenvalue weighted by Crippen LogP contribution is -2.32. The average Bonchev–Trinajstić information content (AvgIpc) is 2.26. The quantitative estimate of drug-likeness (QED) is 0.821. The number of pyridine rings is 1. The van der Waals surface area contributed by atoms with E-state index in [2.05, 4.69) is 23.7 Å². The molecule has 17 heavy (non-hydrogen) atoms. The molecule has 4 heteroatoms. The Morgan fingerprint density at radius 2 is 2.18 bits per heavy atom. The van der Waals surface area contributed by atoms with E-state index in [0.717, 1.165) is 11.3 Å². The van der Waals surface area contributed by atoms with Crippen LogP contribution >= 0.6 is 0 Å². The van der Waals surface area contributed by atoms with Crippen molar-refractivity contribution in [3.8, 4) is 0 Å². The van der Waals surface area contributed by atoms with Gasteiger partial charge in [-0.05, 0) is 32.4 Å². The Morgan fingerprint density at radius 3 is 2.65 bits per heavy atom. The van der Waals surface area contributed by atoms with Crippen LogP contribution in [-0.4, -0.2) is 33.5 Å². The van der Waals surface area contributed by atoms with Gasteiger partial charge in [0.2, 0.25) is 0 Å². The first kappa shape index (κ1) is 13.6. The molecule has 0 aliphatic heterocycles. The molecule has 0 fully saturated rings. The van der Waals surface area contributed by atoms with Crippen LogP contribution < -0.4 is 0 Å². The van der Waals surface area contributed by atoms with Crippen LogP contribution in [0.1, 0.15) is 31.5 Å². The first-order valence-electron chi connectivity index (χ1n) is 5.86. The molecule has 0 amide bonds. The summed E-state index contributed by atoms with van der Waals surface area (Å²) < 4.78 is 0. The van der Waals surface area contributed by atoms with Crippen LogP contribution in [0, 0.1) is 6.92 Å². The summed E-state index contributed by atoms with van der Waals surface area (Å²) >= 11 is 0. The van der Waals surface area contributed by atoms with E-state index in [-0.39, 0.29) is 6.42 Å². The molecule has 0 radical (unpaired) electrons. The molecule has 1 N–H and O–H groups in total. The van der Waals surface area contributed by atoms with Gasteiger partial charge in [0.15, 0.2) is 0 Å². The summed E-state index contributed by atoms with van der Waals surface area (Å²) in [6.45, 7) is 7.39. The first-order valence-corrected chi connectivity index (χ1v) is 5.86. The molecule has 0 spiro atoms. The molecule has 0 saturated carbocycles. The second-order valence-electron chi connectivity index (χ2n) is 4.53. The van der Waals surface area contributed by atoms with E-state index in [0.29, 0.717) is 19.1 Å². The van der Waals surface area contributed by atoms with Crippen LogP contribution in [0.4, 0.5) is 0 Å². The number of carbonyl (C=O) groups is 1. The highest BCUT2D eigenvalue weighted by molar-refractivity contribution is 5.66.